The zero-order chi connectivity index (χ0) is 19.1. The van der Waals surface area contributed by atoms with Crippen molar-refractivity contribution in [2.24, 2.45) is 0 Å². The third-order valence-corrected chi connectivity index (χ3v) is 12.1. The summed E-state index contributed by atoms with van der Waals surface area (Å²) in [6, 6.07) is 13.4. The molecule has 2 nitrogen and oxygen atoms in total. The number of hydrogen-bond acceptors (Lipinski definition) is 1. The average Bonchev–Trinajstić information content (AvgIpc) is 2.91. The van der Waals surface area contributed by atoms with Crippen LogP contribution in [0.15, 0.2) is 36.4 Å². The second-order valence-corrected chi connectivity index (χ2v) is 14.1. The van der Waals surface area contributed by atoms with Crippen LogP contribution < -0.4 is 0 Å². The van der Waals surface area contributed by atoms with Crippen LogP contribution in [-0.2, 0) is 11.0 Å². The van der Waals surface area contributed by atoms with Crippen LogP contribution >= 0.6 is 0 Å². The van der Waals surface area contributed by atoms with Crippen molar-refractivity contribution in [1.29, 1.82) is 0 Å². The molecule has 3 aromatic rings. The van der Waals surface area contributed by atoms with Crippen molar-refractivity contribution in [2.75, 3.05) is 0 Å². The summed E-state index contributed by atoms with van der Waals surface area (Å²) in [6.07, 6.45) is 0. The van der Waals surface area contributed by atoms with Crippen molar-refractivity contribution >= 4 is 30.1 Å². The fraction of sp³-hybridized carbons (Fsp3) is 0.478. The zero-order valence-electron chi connectivity index (χ0n) is 17.3. The Kier molecular flexibility index (Phi) is 5.32. The Balaban J connectivity index is 1.94. The van der Waals surface area contributed by atoms with Crippen LogP contribution in [-0.4, -0.2) is 13.3 Å². The Morgan fingerprint density at radius 1 is 0.808 bits per heavy atom. The van der Waals surface area contributed by atoms with Crippen molar-refractivity contribution in [3.8, 4) is 0 Å². The van der Waals surface area contributed by atoms with Crippen molar-refractivity contribution in [3.63, 3.8) is 0 Å². The molecular formula is C23H33NOSi. The lowest BCUT2D eigenvalue weighted by atomic mass is 10.1. The number of aryl methyl sites for hydroxylation is 1. The van der Waals surface area contributed by atoms with Crippen LogP contribution in [0.2, 0.25) is 16.6 Å². The summed E-state index contributed by atoms with van der Waals surface area (Å²) in [5, 5.41) is 2.60. The van der Waals surface area contributed by atoms with E-state index in [1.54, 1.807) is 0 Å². The number of nitrogens with one attached hydrogen (secondary N) is 1. The molecule has 2 aromatic carbocycles. The van der Waals surface area contributed by atoms with Gasteiger partial charge in [-0.15, -0.1) is 0 Å². The number of rotatable bonds is 6. The predicted molar refractivity (Wildman–Crippen MR) is 116 cm³/mol. The lowest BCUT2D eigenvalue weighted by Crippen LogP contribution is -2.47. The Morgan fingerprint density at radius 3 is 2.08 bits per heavy atom. The number of fused-ring (bicyclic) bond motifs is 3. The molecule has 0 saturated heterocycles. The summed E-state index contributed by atoms with van der Waals surface area (Å²) in [5.74, 6) is 0. The van der Waals surface area contributed by atoms with Crippen LogP contribution in [0.1, 0.15) is 52.7 Å². The van der Waals surface area contributed by atoms with Gasteiger partial charge in [0.05, 0.1) is 6.61 Å². The van der Waals surface area contributed by atoms with Gasteiger partial charge in [-0.1, -0.05) is 59.7 Å². The van der Waals surface area contributed by atoms with Crippen molar-refractivity contribution in [3.05, 3.63) is 47.5 Å². The molecule has 0 aliphatic rings. The van der Waals surface area contributed by atoms with Crippen molar-refractivity contribution in [2.45, 2.75) is 71.7 Å². The number of aromatic amines is 1. The number of aromatic nitrogens is 1. The van der Waals surface area contributed by atoms with E-state index in [0.29, 0.717) is 16.6 Å². The first kappa shape index (κ1) is 19.2. The first-order valence-corrected chi connectivity index (χ1v) is 12.0. The highest BCUT2D eigenvalue weighted by atomic mass is 28.4. The fourth-order valence-corrected chi connectivity index (χ4v) is 10.3. The molecule has 0 aliphatic heterocycles. The van der Waals surface area contributed by atoms with Crippen molar-refractivity contribution < 1.29 is 4.43 Å². The summed E-state index contributed by atoms with van der Waals surface area (Å²) in [6.45, 7) is 16.9. The quantitative estimate of drug-likeness (QED) is 0.453. The highest BCUT2D eigenvalue weighted by molar-refractivity contribution is 6.77. The normalized spacial score (nSPS) is 13.0. The fourth-order valence-electron chi connectivity index (χ4n) is 4.86. The molecule has 0 radical (unpaired) electrons. The van der Waals surface area contributed by atoms with E-state index in [9.17, 15) is 0 Å². The molecule has 0 spiro atoms. The van der Waals surface area contributed by atoms with Gasteiger partial charge >= 0.3 is 0 Å². The minimum atomic E-state index is -1.83. The standard InChI is InChI=1S/C23H33NOSi/c1-15(2)26(16(3)4,17(5)6)25-14-19-9-11-22-21(13-19)20-10-8-18(7)12-23(20)24-22/h8-13,15-17,24H,14H2,1-7H3. The van der Waals surface area contributed by atoms with Gasteiger partial charge in [0.2, 0.25) is 8.32 Å². The Hall–Kier alpha value is -1.58. The summed E-state index contributed by atoms with van der Waals surface area (Å²) in [7, 11) is -1.83. The van der Waals surface area contributed by atoms with Gasteiger partial charge in [-0.3, -0.25) is 0 Å². The van der Waals surface area contributed by atoms with E-state index < -0.39 is 8.32 Å². The average molecular weight is 368 g/mol. The smallest absolute Gasteiger partial charge is 0.200 e. The molecule has 1 aromatic heterocycles. The molecule has 3 heteroatoms. The molecule has 26 heavy (non-hydrogen) atoms. The minimum absolute atomic E-state index is 0.613. The molecule has 0 bridgehead atoms. The molecule has 0 amide bonds. The minimum Gasteiger partial charge on any atom is -0.412 e. The Bertz CT molecular complexity index is 885. The lowest BCUT2D eigenvalue weighted by Gasteiger charge is -2.42. The summed E-state index contributed by atoms with van der Waals surface area (Å²) < 4.78 is 6.79. The van der Waals surface area contributed by atoms with Crippen LogP contribution in [0, 0.1) is 6.92 Å². The van der Waals surface area contributed by atoms with Gasteiger partial charge in [-0.25, -0.2) is 0 Å². The number of benzene rings is 2. The first-order valence-electron chi connectivity index (χ1n) is 9.90. The Morgan fingerprint density at radius 2 is 1.46 bits per heavy atom. The monoisotopic (exact) mass is 367 g/mol. The number of hydrogen-bond donors (Lipinski definition) is 1. The van der Waals surface area contributed by atoms with Gasteiger partial charge in [-0.05, 0) is 52.9 Å². The summed E-state index contributed by atoms with van der Waals surface area (Å²) in [5.41, 5.74) is 6.82. The molecule has 0 unspecified atom stereocenters. The maximum absolute atomic E-state index is 6.79. The van der Waals surface area contributed by atoms with E-state index in [4.69, 9.17) is 4.43 Å². The van der Waals surface area contributed by atoms with Crippen LogP contribution in [0.5, 0.6) is 0 Å². The number of H-pyrrole nitrogens is 1. The second kappa shape index (κ2) is 7.20. The van der Waals surface area contributed by atoms with E-state index in [2.05, 4.69) is 89.8 Å². The van der Waals surface area contributed by atoms with Crippen LogP contribution in [0.4, 0.5) is 0 Å². The topological polar surface area (TPSA) is 25.0 Å². The highest BCUT2D eigenvalue weighted by Gasteiger charge is 2.44. The van der Waals surface area contributed by atoms with E-state index in [-0.39, 0.29) is 0 Å². The van der Waals surface area contributed by atoms with Crippen molar-refractivity contribution in [1.82, 2.24) is 4.98 Å². The van der Waals surface area contributed by atoms with Gasteiger partial charge in [0.25, 0.3) is 0 Å². The molecule has 0 atom stereocenters. The first-order chi connectivity index (χ1) is 12.3. The molecule has 1 heterocycles. The summed E-state index contributed by atoms with van der Waals surface area (Å²) >= 11 is 0. The SMILES string of the molecule is Cc1ccc2c(c1)[nH]c1ccc(CO[Si](C(C)C)(C(C)C)C(C)C)cc12. The van der Waals surface area contributed by atoms with Gasteiger partial charge in [0, 0.05) is 21.8 Å². The molecule has 1 N–H and O–H groups in total. The van der Waals surface area contributed by atoms with Gasteiger partial charge < -0.3 is 9.41 Å². The van der Waals surface area contributed by atoms with E-state index in [0.717, 1.165) is 6.61 Å². The van der Waals surface area contributed by atoms with Gasteiger partial charge in [0.1, 0.15) is 0 Å². The third-order valence-electron chi connectivity index (χ3n) is 6.01. The predicted octanol–water partition coefficient (Wildman–Crippen LogP) is 7.32. The summed E-state index contributed by atoms with van der Waals surface area (Å²) in [4.78, 5) is 3.54. The van der Waals surface area contributed by atoms with E-state index >= 15 is 0 Å². The molecule has 0 aliphatic carbocycles. The van der Waals surface area contributed by atoms with Crippen LogP contribution in [0.25, 0.3) is 21.8 Å². The zero-order valence-corrected chi connectivity index (χ0v) is 18.3. The third kappa shape index (κ3) is 3.23. The lowest BCUT2D eigenvalue weighted by molar-refractivity contribution is 0.266. The molecule has 140 valence electrons. The Labute approximate surface area is 159 Å². The molecular weight excluding hydrogens is 334 g/mol. The van der Waals surface area contributed by atoms with E-state index in [1.165, 1.54) is 32.9 Å². The molecule has 0 fully saturated rings. The largest absolute Gasteiger partial charge is 0.412 e. The maximum atomic E-state index is 6.79. The van der Waals surface area contributed by atoms with Gasteiger partial charge in [-0.2, -0.15) is 0 Å². The van der Waals surface area contributed by atoms with E-state index in [1.807, 2.05) is 0 Å². The highest BCUT2D eigenvalue weighted by Crippen LogP contribution is 2.42. The second-order valence-electron chi connectivity index (χ2n) is 8.66. The van der Waals surface area contributed by atoms with Crippen LogP contribution in [0.3, 0.4) is 0 Å². The van der Waals surface area contributed by atoms with Gasteiger partial charge in [0.15, 0.2) is 0 Å². The maximum Gasteiger partial charge on any atom is 0.200 e. The molecule has 3 rings (SSSR count). The molecule has 0 saturated carbocycles.